The SMILES string of the molecule is O=C(Nc1ccc(-c2nc3cccnc3s2)cc1)c1cc(-c2ccco2)on1. The highest BCUT2D eigenvalue weighted by atomic mass is 32.1. The number of hydrogen-bond donors (Lipinski definition) is 1. The minimum atomic E-state index is -0.363. The molecule has 1 amide bonds. The molecule has 28 heavy (non-hydrogen) atoms. The number of thiazole rings is 1. The molecule has 0 saturated heterocycles. The molecule has 0 fully saturated rings. The predicted molar refractivity (Wildman–Crippen MR) is 105 cm³/mol. The number of nitrogens with one attached hydrogen (secondary N) is 1. The summed E-state index contributed by atoms with van der Waals surface area (Å²) in [7, 11) is 0. The van der Waals surface area contributed by atoms with Crippen LogP contribution in [0, 0.1) is 0 Å². The van der Waals surface area contributed by atoms with E-state index in [-0.39, 0.29) is 11.6 Å². The Hall–Kier alpha value is -3.78. The fraction of sp³-hybridized carbons (Fsp3) is 0. The number of fused-ring (bicyclic) bond motifs is 1. The van der Waals surface area contributed by atoms with E-state index in [0.717, 1.165) is 20.9 Å². The van der Waals surface area contributed by atoms with Crippen LogP contribution in [0.2, 0.25) is 0 Å². The number of furan rings is 1. The van der Waals surface area contributed by atoms with E-state index in [9.17, 15) is 4.79 Å². The van der Waals surface area contributed by atoms with Crippen molar-refractivity contribution in [3.63, 3.8) is 0 Å². The van der Waals surface area contributed by atoms with Crippen LogP contribution in [0.15, 0.2) is 76.0 Å². The monoisotopic (exact) mass is 388 g/mol. The maximum Gasteiger partial charge on any atom is 0.277 e. The molecule has 5 rings (SSSR count). The molecule has 0 bridgehead atoms. The van der Waals surface area contributed by atoms with Crippen molar-refractivity contribution in [3.05, 3.63) is 72.8 Å². The number of aromatic nitrogens is 3. The van der Waals surface area contributed by atoms with E-state index in [1.165, 1.54) is 23.7 Å². The number of anilines is 1. The lowest BCUT2D eigenvalue weighted by Crippen LogP contribution is -2.11. The Bertz CT molecular complexity index is 1220. The molecule has 0 saturated carbocycles. The van der Waals surface area contributed by atoms with E-state index in [2.05, 4.69) is 20.4 Å². The van der Waals surface area contributed by atoms with E-state index in [1.54, 1.807) is 18.3 Å². The summed E-state index contributed by atoms with van der Waals surface area (Å²) in [5.41, 5.74) is 2.66. The topological polar surface area (TPSA) is 94.1 Å². The molecule has 0 aliphatic rings. The van der Waals surface area contributed by atoms with Crippen LogP contribution in [0.1, 0.15) is 10.5 Å². The summed E-state index contributed by atoms with van der Waals surface area (Å²) in [4.78, 5) is 22.2. The van der Waals surface area contributed by atoms with Crippen molar-refractivity contribution in [2.45, 2.75) is 0 Å². The van der Waals surface area contributed by atoms with Gasteiger partial charge in [0.1, 0.15) is 15.4 Å². The molecular weight excluding hydrogens is 376 g/mol. The Labute approximate surface area is 162 Å². The molecule has 0 aliphatic carbocycles. The number of rotatable bonds is 4. The molecule has 1 aromatic carbocycles. The molecule has 136 valence electrons. The molecular formula is C20H12N4O3S. The molecule has 4 heterocycles. The smallest absolute Gasteiger partial charge is 0.277 e. The van der Waals surface area contributed by atoms with E-state index >= 15 is 0 Å². The van der Waals surface area contributed by atoms with Crippen molar-refractivity contribution in [1.29, 1.82) is 0 Å². The number of amides is 1. The van der Waals surface area contributed by atoms with Gasteiger partial charge < -0.3 is 14.3 Å². The maximum absolute atomic E-state index is 12.4. The number of carbonyl (C=O) groups is 1. The first-order valence-electron chi connectivity index (χ1n) is 8.40. The predicted octanol–water partition coefficient (Wildman–Crippen LogP) is 4.86. The average molecular weight is 388 g/mol. The van der Waals surface area contributed by atoms with Gasteiger partial charge >= 0.3 is 0 Å². The van der Waals surface area contributed by atoms with Crippen LogP contribution in [0.25, 0.3) is 32.4 Å². The largest absolute Gasteiger partial charge is 0.461 e. The number of pyridine rings is 1. The molecule has 7 nitrogen and oxygen atoms in total. The Balaban J connectivity index is 1.32. The molecule has 4 aromatic heterocycles. The van der Waals surface area contributed by atoms with Crippen molar-refractivity contribution in [1.82, 2.24) is 15.1 Å². The highest BCUT2D eigenvalue weighted by Crippen LogP contribution is 2.29. The zero-order chi connectivity index (χ0) is 18.9. The normalized spacial score (nSPS) is 11.0. The molecule has 0 aliphatic heterocycles. The lowest BCUT2D eigenvalue weighted by molar-refractivity contribution is 0.101. The van der Waals surface area contributed by atoms with Crippen molar-refractivity contribution in [2.24, 2.45) is 0 Å². The van der Waals surface area contributed by atoms with Gasteiger partial charge in [-0.3, -0.25) is 4.79 Å². The van der Waals surface area contributed by atoms with Crippen LogP contribution in [0.4, 0.5) is 5.69 Å². The molecule has 0 spiro atoms. The Kier molecular flexibility index (Phi) is 3.95. The molecule has 5 aromatic rings. The fourth-order valence-corrected chi connectivity index (χ4v) is 3.61. The first kappa shape index (κ1) is 16.4. The van der Waals surface area contributed by atoms with Crippen LogP contribution in [-0.4, -0.2) is 21.0 Å². The van der Waals surface area contributed by atoms with Gasteiger partial charge in [0.25, 0.3) is 5.91 Å². The third-order valence-corrected chi connectivity index (χ3v) is 5.09. The van der Waals surface area contributed by atoms with Crippen LogP contribution in [-0.2, 0) is 0 Å². The summed E-state index contributed by atoms with van der Waals surface area (Å²) < 4.78 is 10.4. The lowest BCUT2D eigenvalue weighted by Gasteiger charge is -2.03. The van der Waals surface area contributed by atoms with Gasteiger partial charge in [0.2, 0.25) is 5.76 Å². The lowest BCUT2D eigenvalue weighted by atomic mass is 10.2. The third-order valence-electron chi connectivity index (χ3n) is 4.06. The highest BCUT2D eigenvalue weighted by Gasteiger charge is 2.15. The number of benzene rings is 1. The number of nitrogens with zero attached hydrogens (tertiary/aromatic N) is 3. The summed E-state index contributed by atoms with van der Waals surface area (Å²) in [6.07, 6.45) is 3.28. The van der Waals surface area contributed by atoms with Gasteiger partial charge in [-0.25, -0.2) is 9.97 Å². The minimum absolute atomic E-state index is 0.174. The van der Waals surface area contributed by atoms with Gasteiger partial charge in [-0.05, 0) is 48.5 Å². The fourth-order valence-electron chi connectivity index (χ4n) is 2.70. The second kappa shape index (κ2) is 6.75. The van der Waals surface area contributed by atoms with Gasteiger partial charge in [-0.1, -0.05) is 16.5 Å². The Morgan fingerprint density at radius 1 is 1.04 bits per heavy atom. The molecule has 0 unspecified atom stereocenters. The molecule has 8 heteroatoms. The van der Waals surface area contributed by atoms with Gasteiger partial charge in [0.05, 0.1) is 6.26 Å². The van der Waals surface area contributed by atoms with Crippen LogP contribution >= 0.6 is 11.3 Å². The van der Waals surface area contributed by atoms with Crippen LogP contribution in [0.3, 0.4) is 0 Å². The average Bonchev–Trinajstić information content (AvgIpc) is 3.48. The second-order valence-corrected chi connectivity index (χ2v) is 6.91. The molecule has 0 radical (unpaired) electrons. The zero-order valence-corrected chi connectivity index (χ0v) is 15.1. The second-order valence-electron chi connectivity index (χ2n) is 5.93. The number of hydrogen-bond acceptors (Lipinski definition) is 7. The molecule has 1 N–H and O–H groups in total. The van der Waals surface area contributed by atoms with Crippen molar-refractivity contribution in [3.8, 4) is 22.1 Å². The summed E-state index contributed by atoms with van der Waals surface area (Å²) in [6, 6.07) is 16.3. The zero-order valence-electron chi connectivity index (χ0n) is 14.3. The summed E-state index contributed by atoms with van der Waals surface area (Å²) in [6.45, 7) is 0. The van der Waals surface area contributed by atoms with Crippen molar-refractivity contribution in [2.75, 3.05) is 5.32 Å². The first-order valence-corrected chi connectivity index (χ1v) is 9.22. The van der Waals surface area contributed by atoms with Gasteiger partial charge in [0, 0.05) is 23.5 Å². The molecule has 0 atom stereocenters. The summed E-state index contributed by atoms with van der Waals surface area (Å²) in [5.74, 6) is 0.551. The Morgan fingerprint density at radius 2 is 1.93 bits per heavy atom. The first-order chi connectivity index (χ1) is 13.8. The van der Waals surface area contributed by atoms with E-state index < -0.39 is 0 Å². The van der Waals surface area contributed by atoms with E-state index in [1.807, 2.05) is 36.4 Å². The van der Waals surface area contributed by atoms with Crippen molar-refractivity contribution < 1.29 is 13.7 Å². The third kappa shape index (κ3) is 3.06. The number of carbonyl (C=O) groups excluding carboxylic acids is 1. The standard InChI is InChI=1S/C20H12N4O3S/c25-18(15-11-17(27-24-15)16-4-2-10-26-16)22-13-7-5-12(6-8-13)19-23-14-3-1-9-21-20(14)28-19/h1-11H,(H,22,25). The maximum atomic E-state index is 12.4. The highest BCUT2D eigenvalue weighted by molar-refractivity contribution is 7.21. The van der Waals surface area contributed by atoms with Crippen LogP contribution < -0.4 is 5.32 Å². The van der Waals surface area contributed by atoms with E-state index in [4.69, 9.17) is 8.94 Å². The van der Waals surface area contributed by atoms with Crippen molar-refractivity contribution >= 4 is 33.3 Å². The van der Waals surface area contributed by atoms with Crippen LogP contribution in [0.5, 0.6) is 0 Å². The minimum Gasteiger partial charge on any atom is -0.461 e. The summed E-state index contributed by atoms with van der Waals surface area (Å²) >= 11 is 1.53. The summed E-state index contributed by atoms with van der Waals surface area (Å²) in [5, 5.41) is 7.48. The quantitative estimate of drug-likeness (QED) is 0.472. The van der Waals surface area contributed by atoms with Gasteiger partial charge in [0.15, 0.2) is 11.5 Å². The van der Waals surface area contributed by atoms with E-state index in [0.29, 0.717) is 17.2 Å². The Morgan fingerprint density at radius 3 is 2.71 bits per heavy atom. The van der Waals surface area contributed by atoms with Gasteiger partial charge in [-0.15, -0.1) is 0 Å². The van der Waals surface area contributed by atoms with Gasteiger partial charge in [-0.2, -0.15) is 0 Å².